The van der Waals surface area contributed by atoms with Crippen LogP contribution in [0.3, 0.4) is 0 Å². The average molecular weight is 869 g/mol. The van der Waals surface area contributed by atoms with Crippen molar-refractivity contribution < 1.29 is 0 Å². The number of rotatable bonds is 9. The van der Waals surface area contributed by atoms with Crippen molar-refractivity contribution in [2.75, 3.05) is 4.93 Å². The zero-order valence-corrected chi connectivity index (χ0v) is 34.5. The van der Waals surface area contributed by atoms with Gasteiger partial charge in [-0.1, -0.05) is 154 Å². The monoisotopic (exact) mass is 868 g/mol. The number of allylic oxidation sites excluding steroid dienone is 9. The van der Waals surface area contributed by atoms with Crippen LogP contribution in [-0.4, -0.2) is 8.86 Å². The minimum atomic E-state index is 0. The third kappa shape index (κ3) is 13.4. The minimum absolute atomic E-state index is 0. The molecule has 7 rings (SSSR count). The molecule has 0 radical (unpaired) electrons. The van der Waals surface area contributed by atoms with Crippen LogP contribution in [0, 0.1) is 71.0 Å². The fourth-order valence-electron chi connectivity index (χ4n) is 9.62. The molecule has 47 heavy (non-hydrogen) atoms. The van der Waals surface area contributed by atoms with Crippen molar-refractivity contribution >= 4 is 45.2 Å². The summed E-state index contributed by atoms with van der Waals surface area (Å²) in [5, 5.41) is 0. The maximum atomic E-state index is 3.91. The van der Waals surface area contributed by atoms with Gasteiger partial charge in [0.25, 0.3) is 0 Å². The van der Waals surface area contributed by atoms with E-state index in [1.54, 1.807) is 0 Å². The molecule has 6 bridgehead atoms. The predicted molar refractivity (Wildman–Crippen MR) is 233 cm³/mol. The van der Waals surface area contributed by atoms with E-state index >= 15 is 0 Å². The van der Waals surface area contributed by atoms with Crippen molar-refractivity contribution in [3.05, 3.63) is 87.6 Å². The molecule has 0 saturated heterocycles. The van der Waals surface area contributed by atoms with Crippen LogP contribution in [0.15, 0.2) is 87.6 Å². The normalized spacial score (nSPS) is 37.2. The summed E-state index contributed by atoms with van der Waals surface area (Å²) < 4.78 is 0.924. The first-order chi connectivity index (χ1) is 22.4. The Morgan fingerprint density at radius 1 is 0.596 bits per heavy atom. The highest BCUT2D eigenvalue weighted by Crippen LogP contribution is 2.48. The van der Waals surface area contributed by atoms with Crippen LogP contribution in [0.2, 0.25) is 0 Å². The molecule has 0 N–H and O–H groups in total. The fraction of sp³-hybridized carbons (Fsp3) is 0.689. The molecule has 0 heterocycles. The number of fused-ring (bicyclic) bond motifs is 6. The third-order valence-electron chi connectivity index (χ3n) is 12.0. The molecule has 4 saturated carbocycles. The summed E-state index contributed by atoms with van der Waals surface area (Å²) in [6.45, 7) is 24.5. The summed E-state index contributed by atoms with van der Waals surface area (Å²) in [6.07, 6.45) is 39.0. The molecular formula is C45H74I2. The van der Waals surface area contributed by atoms with Crippen LogP contribution < -0.4 is 0 Å². The smallest absolute Gasteiger partial charge is 0.0141 e. The number of hydrogen-bond donors (Lipinski definition) is 0. The molecule has 0 amide bonds. The standard InChI is InChI=1S/C12H20.C10H15I.C10H16.C9H12.C2H4.CH3I.CH4/c1-4-7-12-9-10(5-2)8-11(12)6-3;1-2-10(11)9-6-7-3-4-8(9)5-7;1-2-3-9-6-8-4-5-10(9)7-8;1-2-8-5-7-3-4-9(8)6-7;2*1-2;/h5-6,10-12H,2-4,7-9H2,1H3;3-4,7-10H,2,5-6H2,1H3;4-5,8-10H,2-3,6-7H2,1H3;2-4,7-9H,1,5-6H2;1-2H2;1H3;1H4. The number of hydrogen-bond acceptors (Lipinski definition) is 0. The lowest BCUT2D eigenvalue weighted by Gasteiger charge is -2.22. The Balaban J connectivity index is 0.000000301. The Hall–Kier alpha value is -0.360. The second kappa shape index (κ2) is 24.7. The van der Waals surface area contributed by atoms with Crippen molar-refractivity contribution in [3.8, 4) is 0 Å². The molecule has 268 valence electrons. The summed E-state index contributed by atoms with van der Waals surface area (Å²) >= 11 is 4.78. The lowest BCUT2D eigenvalue weighted by atomic mass is 9.90. The van der Waals surface area contributed by atoms with Crippen LogP contribution >= 0.6 is 45.2 Å². The summed E-state index contributed by atoms with van der Waals surface area (Å²) in [5.41, 5.74) is 0. The second-order valence-corrected chi connectivity index (χ2v) is 16.4. The van der Waals surface area contributed by atoms with Gasteiger partial charge in [0.05, 0.1) is 0 Å². The predicted octanol–water partition coefficient (Wildman–Crippen LogP) is 15.1. The first kappa shape index (κ1) is 44.7. The van der Waals surface area contributed by atoms with Crippen molar-refractivity contribution in [2.45, 2.75) is 116 Å². The molecule has 13 unspecified atom stereocenters. The summed E-state index contributed by atoms with van der Waals surface area (Å²) in [6, 6.07) is 0. The molecule has 2 heteroatoms. The number of alkyl halides is 2. The van der Waals surface area contributed by atoms with Gasteiger partial charge in [-0.3, -0.25) is 0 Å². The topological polar surface area (TPSA) is 0 Å². The van der Waals surface area contributed by atoms with Gasteiger partial charge >= 0.3 is 0 Å². The molecule has 0 aromatic carbocycles. The molecule has 0 aliphatic heterocycles. The van der Waals surface area contributed by atoms with Crippen molar-refractivity contribution in [2.24, 2.45) is 71.0 Å². The van der Waals surface area contributed by atoms with Crippen LogP contribution in [-0.2, 0) is 0 Å². The largest absolute Gasteiger partial charge is 0.106 e. The quantitative estimate of drug-likeness (QED) is 0.123. The van der Waals surface area contributed by atoms with E-state index in [4.69, 9.17) is 0 Å². The van der Waals surface area contributed by atoms with Crippen LogP contribution in [0.25, 0.3) is 0 Å². The highest BCUT2D eigenvalue weighted by atomic mass is 127. The minimum Gasteiger partial charge on any atom is -0.106 e. The Labute approximate surface area is 321 Å². The first-order valence-electron chi connectivity index (χ1n) is 18.9. The Kier molecular flexibility index (Phi) is 23.5. The molecule has 0 aromatic rings. The van der Waals surface area contributed by atoms with E-state index < -0.39 is 0 Å². The van der Waals surface area contributed by atoms with Gasteiger partial charge < -0.3 is 0 Å². The molecule has 13 atom stereocenters. The summed E-state index contributed by atoms with van der Waals surface area (Å²) in [4.78, 5) is 1.97. The molecule has 7 aliphatic rings. The highest BCUT2D eigenvalue weighted by molar-refractivity contribution is 14.1. The van der Waals surface area contributed by atoms with E-state index in [1.165, 1.54) is 83.5 Å². The van der Waals surface area contributed by atoms with E-state index in [0.717, 1.165) is 74.9 Å². The van der Waals surface area contributed by atoms with Gasteiger partial charge in [0.1, 0.15) is 0 Å². The SMILES string of the molecule is C.C=C.C=CC1CC(C=C)C(CCC)C1.C=CC1CC2C=CC1C2.CCC(I)C1CC2C=CC1C2.CCCC1CC2C=CC1C2.CI. The maximum Gasteiger partial charge on any atom is 0.0141 e. The van der Waals surface area contributed by atoms with Gasteiger partial charge in [-0.25, -0.2) is 0 Å². The molecular weight excluding hydrogens is 794 g/mol. The van der Waals surface area contributed by atoms with E-state index in [9.17, 15) is 0 Å². The summed E-state index contributed by atoms with van der Waals surface area (Å²) in [7, 11) is 0. The van der Waals surface area contributed by atoms with Gasteiger partial charge in [0, 0.05) is 3.92 Å². The van der Waals surface area contributed by atoms with E-state index in [2.05, 4.69) is 154 Å². The molecule has 0 aromatic heterocycles. The lowest BCUT2D eigenvalue weighted by Crippen LogP contribution is -2.17. The zero-order valence-electron chi connectivity index (χ0n) is 30.2. The molecule has 7 aliphatic carbocycles. The van der Waals surface area contributed by atoms with Gasteiger partial charge in [-0.15, -0.1) is 32.9 Å². The average Bonchev–Trinajstić information content (AvgIpc) is 3.97. The van der Waals surface area contributed by atoms with Crippen molar-refractivity contribution in [1.82, 2.24) is 0 Å². The van der Waals surface area contributed by atoms with Gasteiger partial charge in [-0.2, -0.15) is 0 Å². The van der Waals surface area contributed by atoms with Crippen molar-refractivity contribution in [3.63, 3.8) is 0 Å². The zero-order chi connectivity index (χ0) is 34.1. The first-order valence-corrected chi connectivity index (χ1v) is 22.3. The Morgan fingerprint density at radius 3 is 1.47 bits per heavy atom. The van der Waals surface area contributed by atoms with E-state index in [1.807, 2.05) is 4.93 Å². The maximum absolute atomic E-state index is 3.91. The van der Waals surface area contributed by atoms with Crippen molar-refractivity contribution in [1.29, 1.82) is 0 Å². The molecule has 0 nitrogen and oxygen atoms in total. The molecule has 0 spiro atoms. The van der Waals surface area contributed by atoms with E-state index in [0.29, 0.717) is 0 Å². The Bertz CT molecular complexity index is 959. The van der Waals surface area contributed by atoms with E-state index in [-0.39, 0.29) is 7.43 Å². The van der Waals surface area contributed by atoms with Crippen LogP contribution in [0.1, 0.15) is 112 Å². The third-order valence-corrected chi connectivity index (χ3v) is 13.8. The van der Waals surface area contributed by atoms with Gasteiger partial charge in [0.2, 0.25) is 0 Å². The lowest BCUT2D eigenvalue weighted by molar-refractivity contribution is 0.412. The fourth-order valence-corrected chi connectivity index (χ4v) is 10.4. The Morgan fingerprint density at radius 2 is 1.11 bits per heavy atom. The number of halogens is 2. The summed E-state index contributed by atoms with van der Waals surface area (Å²) in [5.74, 6) is 10.9. The molecule has 4 fully saturated rings. The van der Waals surface area contributed by atoms with Crippen LogP contribution in [0.5, 0.6) is 0 Å². The van der Waals surface area contributed by atoms with Crippen LogP contribution in [0.4, 0.5) is 0 Å². The van der Waals surface area contributed by atoms with Gasteiger partial charge in [-0.05, 0) is 134 Å². The second-order valence-electron chi connectivity index (χ2n) is 14.8. The highest BCUT2D eigenvalue weighted by Gasteiger charge is 2.38. The van der Waals surface area contributed by atoms with Gasteiger partial charge in [0.15, 0.2) is 0 Å².